The van der Waals surface area contributed by atoms with E-state index in [9.17, 15) is 15.0 Å². The Bertz CT molecular complexity index is 813. The van der Waals surface area contributed by atoms with Crippen LogP contribution in [0.2, 0.25) is 0 Å². The van der Waals surface area contributed by atoms with Gasteiger partial charge in [0.1, 0.15) is 29.6 Å². The molecule has 4 atom stereocenters. The molecule has 0 radical (unpaired) electrons. The summed E-state index contributed by atoms with van der Waals surface area (Å²) in [5.74, 6) is 0.101. The van der Waals surface area contributed by atoms with Crippen molar-refractivity contribution in [1.29, 1.82) is 0 Å². The van der Waals surface area contributed by atoms with Crippen LogP contribution in [-0.4, -0.2) is 59.3 Å². The summed E-state index contributed by atoms with van der Waals surface area (Å²) >= 11 is 0. The van der Waals surface area contributed by atoms with Gasteiger partial charge >= 0.3 is 5.69 Å². The van der Waals surface area contributed by atoms with Crippen LogP contribution in [0.25, 0.3) is 17.4 Å². The third kappa shape index (κ3) is 2.32. The molecule has 0 unspecified atom stereocenters. The minimum absolute atomic E-state index is 0.101. The summed E-state index contributed by atoms with van der Waals surface area (Å²) in [6.07, 6.45) is -0.115. The maximum atomic E-state index is 12.1. The normalized spacial score (nSPS) is 28.2. The van der Waals surface area contributed by atoms with Crippen molar-refractivity contribution in [2.45, 2.75) is 31.5 Å². The molecule has 0 saturated carbocycles. The molecule has 1 aliphatic rings. The van der Waals surface area contributed by atoms with Crippen LogP contribution in [0.4, 0.5) is 5.82 Å². The first-order chi connectivity index (χ1) is 11.0. The van der Waals surface area contributed by atoms with Crippen molar-refractivity contribution < 1.29 is 20.1 Å². The predicted octanol–water partition coefficient (Wildman–Crippen LogP) is -1.72. The van der Waals surface area contributed by atoms with Crippen molar-refractivity contribution in [3.63, 3.8) is 0 Å². The summed E-state index contributed by atoms with van der Waals surface area (Å²) in [5.41, 5.74) is 5.72. The third-order valence-corrected chi connectivity index (χ3v) is 3.77. The monoisotopic (exact) mass is 323 g/mol. The first-order valence-electron chi connectivity index (χ1n) is 6.99. The Morgan fingerprint density at radius 2 is 2.17 bits per heavy atom. The molecule has 1 aliphatic heterocycles. The molecular formula is C13H17N5O5. The topological polar surface area (TPSA) is 149 Å². The number of aliphatic hydroxyl groups is 3. The number of nitrogens with two attached hydrogens (primary N) is 1. The summed E-state index contributed by atoms with van der Waals surface area (Å²) in [6, 6.07) is 0. The number of hydrogen-bond acceptors (Lipinski definition) is 8. The van der Waals surface area contributed by atoms with E-state index in [-0.39, 0.29) is 17.0 Å². The Morgan fingerprint density at radius 1 is 1.43 bits per heavy atom. The molecule has 23 heavy (non-hydrogen) atoms. The summed E-state index contributed by atoms with van der Waals surface area (Å²) in [4.78, 5) is 20.1. The van der Waals surface area contributed by atoms with E-state index in [1.54, 1.807) is 13.0 Å². The number of aliphatic hydroxyl groups excluding tert-OH is 3. The van der Waals surface area contributed by atoms with Gasteiger partial charge in [-0.1, -0.05) is 6.08 Å². The van der Waals surface area contributed by atoms with Gasteiger partial charge in [0.2, 0.25) is 0 Å². The van der Waals surface area contributed by atoms with Gasteiger partial charge in [-0.3, -0.25) is 9.13 Å². The zero-order valence-electron chi connectivity index (χ0n) is 12.3. The molecule has 0 amide bonds. The van der Waals surface area contributed by atoms with Crippen molar-refractivity contribution in [3.05, 3.63) is 22.9 Å². The number of imidazole rings is 1. The molecule has 10 heteroatoms. The first-order valence-corrected chi connectivity index (χ1v) is 6.99. The van der Waals surface area contributed by atoms with Crippen LogP contribution in [0.15, 0.2) is 17.2 Å². The lowest BCUT2D eigenvalue weighted by Crippen LogP contribution is -2.33. The van der Waals surface area contributed by atoms with Gasteiger partial charge in [-0.25, -0.2) is 9.78 Å². The van der Waals surface area contributed by atoms with Gasteiger partial charge in [0.25, 0.3) is 0 Å². The molecule has 3 heterocycles. The quantitative estimate of drug-likeness (QED) is 0.521. The van der Waals surface area contributed by atoms with Crippen LogP contribution in [-0.2, 0) is 4.74 Å². The Hall–Kier alpha value is -2.27. The lowest BCUT2D eigenvalue weighted by Gasteiger charge is -2.16. The number of ether oxygens (including phenoxy) is 1. The molecule has 1 fully saturated rings. The molecule has 0 spiro atoms. The maximum Gasteiger partial charge on any atom is 0.355 e. The SMILES string of the molecule is C/C=C\n1c(N)c2ncn([C@@H]3O[C@H](CO)[C@@H](O)[C@H]3O)c2nc1=O. The van der Waals surface area contributed by atoms with Crippen molar-refractivity contribution in [1.82, 2.24) is 19.1 Å². The number of nitrogens with zero attached hydrogens (tertiary/aromatic N) is 4. The predicted molar refractivity (Wildman–Crippen MR) is 80.2 cm³/mol. The summed E-state index contributed by atoms with van der Waals surface area (Å²) in [5, 5.41) is 29.1. The number of hydrogen-bond donors (Lipinski definition) is 4. The zero-order chi connectivity index (χ0) is 16.7. The van der Waals surface area contributed by atoms with Crippen LogP contribution < -0.4 is 11.4 Å². The lowest BCUT2D eigenvalue weighted by atomic mass is 10.1. The van der Waals surface area contributed by atoms with Crippen molar-refractivity contribution in [3.8, 4) is 0 Å². The fourth-order valence-electron chi connectivity index (χ4n) is 2.60. The van der Waals surface area contributed by atoms with Crippen molar-refractivity contribution in [2.24, 2.45) is 0 Å². The number of rotatable bonds is 3. The van der Waals surface area contributed by atoms with E-state index < -0.39 is 36.8 Å². The molecule has 2 aromatic heterocycles. The molecule has 0 aliphatic carbocycles. The average molecular weight is 323 g/mol. The summed E-state index contributed by atoms with van der Waals surface area (Å²) in [7, 11) is 0. The van der Waals surface area contributed by atoms with Crippen LogP contribution in [0, 0.1) is 0 Å². The highest BCUT2D eigenvalue weighted by atomic mass is 16.6. The Balaban J connectivity index is 2.13. The largest absolute Gasteiger partial charge is 0.394 e. The smallest absolute Gasteiger partial charge is 0.355 e. The van der Waals surface area contributed by atoms with Crippen LogP contribution in [0.3, 0.4) is 0 Å². The van der Waals surface area contributed by atoms with Gasteiger partial charge in [0, 0.05) is 6.20 Å². The molecule has 1 saturated heterocycles. The molecular weight excluding hydrogens is 306 g/mol. The van der Waals surface area contributed by atoms with Gasteiger partial charge in [-0.05, 0) is 6.92 Å². The van der Waals surface area contributed by atoms with Crippen molar-refractivity contribution >= 4 is 23.2 Å². The molecule has 10 nitrogen and oxygen atoms in total. The van der Waals surface area contributed by atoms with Gasteiger partial charge in [0.05, 0.1) is 12.9 Å². The molecule has 124 valence electrons. The fraction of sp³-hybridized carbons (Fsp3) is 0.462. The number of allylic oxidation sites excluding steroid dienone is 1. The Labute approximate surface area is 130 Å². The summed E-state index contributed by atoms with van der Waals surface area (Å²) in [6.45, 7) is 1.28. The highest BCUT2D eigenvalue weighted by Gasteiger charge is 2.44. The minimum atomic E-state index is -1.30. The van der Waals surface area contributed by atoms with E-state index in [0.29, 0.717) is 0 Å². The van der Waals surface area contributed by atoms with Crippen LogP contribution >= 0.6 is 0 Å². The van der Waals surface area contributed by atoms with E-state index in [0.717, 1.165) is 4.57 Å². The van der Waals surface area contributed by atoms with E-state index >= 15 is 0 Å². The standard InChI is InChI=1S/C13H17N5O5/c1-2-3-17-10(14)7-11(16-13(17)22)18(5-15-7)12-9(21)8(20)6(4-19)23-12/h2-3,5-6,8-9,12,19-21H,4,14H2,1H3/b3-2-/t6-,8-,9-,12-/m1/s1. The van der Waals surface area contributed by atoms with E-state index in [1.807, 2.05) is 0 Å². The minimum Gasteiger partial charge on any atom is -0.394 e. The molecule has 5 N–H and O–H groups in total. The summed E-state index contributed by atoms with van der Waals surface area (Å²) < 4.78 is 7.88. The van der Waals surface area contributed by atoms with Gasteiger partial charge < -0.3 is 25.8 Å². The second kappa shape index (κ2) is 5.74. The third-order valence-electron chi connectivity index (χ3n) is 3.77. The van der Waals surface area contributed by atoms with Crippen LogP contribution in [0.1, 0.15) is 13.2 Å². The number of anilines is 1. The second-order valence-corrected chi connectivity index (χ2v) is 5.18. The second-order valence-electron chi connectivity index (χ2n) is 5.18. The fourth-order valence-corrected chi connectivity index (χ4v) is 2.60. The first kappa shape index (κ1) is 15.6. The molecule has 3 rings (SSSR count). The average Bonchev–Trinajstić information content (AvgIpc) is 3.06. The Morgan fingerprint density at radius 3 is 2.78 bits per heavy atom. The van der Waals surface area contributed by atoms with Gasteiger partial charge in [-0.2, -0.15) is 4.98 Å². The van der Waals surface area contributed by atoms with Crippen LogP contribution in [0.5, 0.6) is 0 Å². The van der Waals surface area contributed by atoms with E-state index in [4.69, 9.17) is 15.6 Å². The maximum absolute atomic E-state index is 12.1. The van der Waals surface area contributed by atoms with Gasteiger partial charge in [0.15, 0.2) is 11.9 Å². The number of nitrogen functional groups attached to an aromatic ring is 1. The number of fused-ring (bicyclic) bond motifs is 1. The molecule has 0 aromatic carbocycles. The molecule has 0 bridgehead atoms. The highest BCUT2D eigenvalue weighted by Crippen LogP contribution is 2.31. The van der Waals surface area contributed by atoms with Gasteiger partial charge in [-0.15, -0.1) is 0 Å². The lowest BCUT2D eigenvalue weighted by molar-refractivity contribution is -0.0511. The number of aromatic nitrogens is 4. The highest BCUT2D eigenvalue weighted by molar-refractivity contribution is 5.82. The Kier molecular flexibility index (Phi) is 3.90. The van der Waals surface area contributed by atoms with E-state index in [2.05, 4.69) is 9.97 Å². The van der Waals surface area contributed by atoms with E-state index in [1.165, 1.54) is 17.1 Å². The zero-order valence-corrected chi connectivity index (χ0v) is 12.3. The van der Waals surface area contributed by atoms with Crippen molar-refractivity contribution in [2.75, 3.05) is 12.3 Å². The molecule has 2 aromatic rings.